The fourth-order valence-corrected chi connectivity index (χ4v) is 3.56. The van der Waals surface area contributed by atoms with Crippen LogP contribution < -0.4 is 11.5 Å². The SMILES string of the molecule is CC(c1cc(N)c([N+](=O)[O-])cc1Br)C(C(N)=O)N1CCOCC1. The largest absolute Gasteiger partial charge is 0.393 e. The van der Waals surface area contributed by atoms with Crippen LogP contribution in [-0.2, 0) is 9.53 Å². The van der Waals surface area contributed by atoms with E-state index in [1.807, 2.05) is 11.8 Å². The molecule has 0 aliphatic carbocycles. The number of hydrogen-bond acceptors (Lipinski definition) is 6. The van der Waals surface area contributed by atoms with Gasteiger partial charge in [-0.2, -0.15) is 0 Å². The summed E-state index contributed by atoms with van der Waals surface area (Å²) < 4.78 is 5.83. The number of nitrogens with zero attached hydrogens (tertiary/aromatic N) is 2. The van der Waals surface area contributed by atoms with Gasteiger partial charge in [-0.15, -0.1) is 0 Å². The third-order valence-corrected chi connectivity index (χ3v) is 4.72. The number of anilines is 1. The molecule has 0 spiro atoms. The maximum atomic E-state index is 12.0. The zero-order valence-corrected chi connectivity index (χ0v) is 14.3. The van der Waals surface area contributed by atoms with Gasteiger partial charge in [0.05, 0.1) is 24.2 Å². The van der Waals surface area contributed by atoms with E-state index in [-0.39, 0.29) is 17.3 Å². The van der Waals surface area contributed by atoms with Gasteiger partial charge in [0.25, 0.3) is 5.69 Å². The van der Waals surface area contributed by atoms with Gasteiger partial charge in [-0.25, -0.2) is 0 Å². The molecule has 9 heteroatoms. The summed E-state index contributed by atoms with van der Waals surface area (Å²) in [5.74, 6) is -0.716. The molecule has 4 N–H and O–H groups in total. The number of benzene rings is 1. The van der Waals surface area contributed by atoms with E-state index in [4.69, 9.17) is 16.2 Å². The van der Waals surface area contributed by atoms with Crippen LogP contribution in [0.2, 0.25) is 0 Å². The molecule has 1 amide bonds. The second-order valence-electron chi connectivity index (χ2n) is 5.47. The third-order valence-electron chi connectivity index (χ3n) is 4.04. The molecule has 0 aromatic heterocycles. The van der Waals surface area contributed by atoms with E-state index in [9.17, 15) is 14.9 Å². The number of nitro groups is 1. The van der Waals surface area contributed by atoms with Crippen molar-refractivity contribution < 1.29 is 14.5 Å². The van der Waals surface area contributed by atoms with Crippen LogP contribution >= 0.6 is 15.9 Å². The first kappa shape index (κ1) is 17.6. The number of nitro benzene ring substituents is 1. The van der Waals surface area contributed by atoms with Crippen LogP contribution in [0.4, 0.5) is 11.4 Å². The van der Waals surface area contributed by atoms with Crippen LogP contribution in [0.1, 0.15) is 18.4 Å². The van der Waals surface area contributed by atoms with Crippen LogP contribution in [0, 0.1) is 10.1 Å². The number of hydrogen-bond donors (Lipinski definition) is 2. The highest BCUT2D eigenvalue weighted by Gasteiger charge is 2.33. The van der Waals surface area contributed by atoms with Crippen molar-refractivity contribution in [2.45, 2.75) is 18.9 Å². The first-order valence-electron chi connectivity index (χ1n) is 7.17. The molecule has 1 aromatic carbocycles. The molecule has 0 bridgehead atoms. The summed E-state index contributed by atoms with van der Waals surface area (Å²) in [5, 5.41) is 11.0. The topological polar surface area (TPSA) is 125 Å². The summed E-state index contributed by atoms with van der Waals surface area (Å²) in [6, 6.07) is 2.36. The Morgan fingerprint density at radius 3 is 2.57 bits per heavy atom. The van der Waals surface area contributed by atoms with E-state index in [1.54, 1.807) is 0 Å². The van der Waals surface area contributed by atoms with Crippen molar-refractivity contribution in [3.8, 4) is 0 Å². The number of ether oxygens (including phenoxy) is 1. The number of primary amides is 1. The Morgan fingerprint density at radius 1 is 1.43 bits per heavy atom. The molecule has 2 atom stereocenters. The molecule has 1 aromatic rings. The van der Waals surface area contributed by atoms with Gasteiger partial charge < -0.3 is 16.2 Å². The Hall–Kier alpha value is -1.71. The summed E-state index contributed by atoms with van der Waals surface area (Å²) in [6.45, 7) is 4.16. The minimum atomic E-state index is -0.540. The van der Waals surface area contributed by atoms with Gasteiger partial charge in [0, 0.05) is 29.5 Å². The fourth-order valence-electron chi connectivity index (χ4n) is 2.87. The second kappa shape index (κ2) is 7.24. The molecule has 1 heterocycles. The minimum Gasteiger partial charge on any atom is -0.393 e. The molecule has 8 nitrogen and oxygen atoms in total. The van der Waals surface area contributed by atoms with Crippen LogP contribution in [0.5, 0.6) is 0 Å². The fraction of sp³-hybridized carbons (Fsp3) is 0.500. The predicted octanol–water partition coefficient (Wildman–Crippen LogP) is 1.23. The summed E-state index contributed by atoms with van der Waals surface area (Å²) in [7, 11) is 0. The molecular formula is C14H19BrN4O4. The van der Waals surface area contributed by atoms with Gasteiger partial charge in [0.15, 0.2) is 0 Å². The molecule has 1 saturated heterocycles. The van der Waals surface area contributed by atoms with E-state index in [1.165, 1.54) is 12.1 Å². The lowest BCUT2D eigenvalue weighted by molar-refractivity contribution is -0.384. The molecular weight excluding hydrogens is 368 g/mol. The number of nitrogens with two attached hydrogens (primary N) is 2. The van der Waals surface area contributed by atoms with E-state index in [0.29, 0.717) is 36.3 Å². The molecule has 126 valence electrons. The highest BCUT2D eigenvalue weighted by molar-refractivity contribution is 9.10. The van der Waals surface area contributed by atoms with Crippen LogP contribution in [-0.4, -0.2) is 48.1 Å². The van der Waals surface area contributed by atoms with Crippen molar-refractivity contribution >= 4 is 33.2 Å². The number of morpholine rings is 1. The lowest BCUT2D eigenvalue weighted by Crippen LogP contribution is -2.52. The maximum absolute atomic E-state index is 12.0. The smallest absolute Gasteiger partial charge is 0.293 e. The first-order valence-corrected chi connectivity index (χ1v) is 7.96. The predicted molar refractivity (Wildman–Crippen MR) is 89.0 cm³/mol. The highest BCUT2D eigenvalue weighted by atomic mass is 79.9. The van der Waals surface area contributed by atoms with E-state index in [2.05, 4.69) is 15.9 Å². The van der Waals surface area contributed by atoms with Crippen molar-refractivity contribution in [3.63, 3.8) is 0 Å². The van der Waals surface area contributed by atoms with Crippen molar-refractivity contribution in [1.29, 1.82) is 0 Å². The molecule has 0 radical (unpaired) electrons. The maximum Gasteiger partial charge on any atom is 0.293 e. The van der Waals surface area contributed by atoms with Crippen LogP contribution in [0.15, 0.2) is 16.6 Å². The molecule has 23 heavy (non-hydrogen) atoms. The van der Waals surface area contributed by atoms with Crippen LogP contribution in [0.3, 0.4) is 0 Å². The number of carbonyl (C=O) groups excluding carboxylic acids is 1. The first-order chi connectivity index (χ1) is 10.8. The quantitative estimate of drug-likeness (QED) is 0.445. The van der Waals surface area contributed by atoms with Crippen molar-refractivity contribution in [3.05, 3.63) is 32.3 Å². The number of halogens is 1. The molecule has 2 rings (SSSR count). The van der Waals surface area contributed by atoms with Gasteiger partial charge >= 0.3 is 0 Å². The van der Waals surface area contributed by atoms with Gasteiger partial charge in [0.2, 0.25) is 5.91 Å². The molecule has 1 aliphatic rings. The molecule has 2 unspecified atom stereocenters. The van der Waals surface area contributed by atoms with Crippen LogP contribution in [0.25, 0.3) is 0 Å². The number of nitrogen functional groups attached to an aromatic ring is 1. The standard InChI is InChI=1S/C14H19BrN4O4/c1-8(13(14(17)20)18-2-4-23-5-3-18)9-6-11(16)12(19(21)22)7-10(9)15/h6-8,13H,2-5,16H2,1H3,(H2,17,20). The Balaban J connectivity index is 2.36. The Morgan fingerprint density at radius 2 is 2.04 bits per heavy atom. The monoisotopic (exact) mass is 386 g/mol. The number of rotatable bonds is 5. The summed E-state index contributed by atoms with van der Waals surface area (Å²) >= 11 is 3.34. The van der Waals surface area contributed by atoms with Gasteiger partial charge in [-0.1, -0.05) is 22.9 Å². The Bertz CT molecular complexity index is 619. The second-order valence-corrected chi connectivity index (χ2v) is 6.33. The van der Waals surface area contributed by atoms with Gasteiger partial charge in [-0.05, 0) is 11.6 Å². The minimum absolute atomic E-state index is 0.0604. The summed E-state index contributed by atoms with van der Waals surface area (Å²) in [5.41, 5.74) is 12.0. The van der Waals surface area contributed by atoms with E-state index < -0.39 is 16.9 Å². The van der Waals surface area contributed by atoms with Crippen molar-refractivity contribution in [2.24, 2.45) is 5.73 Å². The zero-order valence-electron chi connectivity index (χ0n) is 12.7. The highest BCUT2D eigenvalue weighted by Crippen LogP contribution is 2.36. The normalized spacial score (nSPS) is 18.3. The van der Waals surface area contributed by atoms with Gasteiger partial charge in [0.1, 0.15) is 5.69 Å². The average Bonchev–Trinajstić information content (AvgIpc) is 2.49. The molecule has 1 fully saturated rings. The van der Waals surface area contributed by atoms with Crippen molar-refractivity contribution in [2.75, 3.05) is 32.0 Å². The average molecular weight is 387 g/mol. The summed E-state index contributed by atoms with van der Waals surface area (Å²) in [6.07, 6.45) is 0. The zero-order chi connectivity index (χ0) is 17.1. The summed E-state index contributed by atoms with van der Waals surface area (Å²) in [4.78, 5) is 24.4. The van der Waals surface area contributed by atoms with Crippen molar-refractivity contribution in [1.82, 2.24) is 4.90 Å². The van der Waals surface area contributed by atoms with E-state index in [0.717, 1.165) is 0 Å². The van der Waals surface area contributed by atoms with Gasteiger partial charge in [-0.3, -0.25) is 19.8 Å². The Kier molecular flexibility index (Phi) is 5.55. The number of carbonyl (C=O) groups is 1. The molecule has 1 aliphatic heterocycles. The lowest BCUT2D eigenvalue weighted by atomic mass is 9.90. The lowest BCUT2D eigenvalue weighted by Gasteiger charge is -2.36. The third kappa shape index (κ3) is 3.80. The van der Waals surface area contributed by atoms with E-state index >= 15 is 0 Å². The molecule has 0 saturated carbocycles. The number of amides is 1. The Labute approximate surface area is 142 Å².